The average molecular weight is 338 g/mol. The van der Waals surface area contributed by atoms with E-state index >= 15 is 0 Å². The zero-order valence-electron chi connectivity index (χ0n) is 13.0. The fourth-order valence-electron chi connectivity index (χ4n) is 3.87. The van der Waals surface area contributed by atoms with Crippen LogP contribution in [-0.2, 0) is 4.79 Å². The van der Waals surface area contributed by atoms with Crippen molar-refractivity contribution in [2.75, 3.05) is 11.5 Å². The molecule has 0 spiro atoms. The molecule has 3 rings (SSSR count). The van der Waals surface area contributed by atoms with E-state index in [9.17, 15) is 9.59 Å². The Balaban J connectivity index is 1.39. The highest BCUT2D eigenvalue weighted by atomic mass is 32.2. The van der Waals surface area contributed by atoms with Gasteiger partial charge in [0.2, 0.25) is 17.0 Å². The molecule has 0 aromatic carbocycles. The summed E-state index contributed by atoms with van der Waals surface area (Å²) in [6.07, 6.45) is 5.11. The van der Waals surface area contributed by atoms with Gasteiger partial charge in [0, 0.05) is 6.04 Å². The van der Waals surface area contributed by atoms with Crippen LogP contribution in [0.1, 0.15) is 32.6 Å². The lowest BCUT2D eigenvalue weighted by Gasteiger charge is -2.28. The third-order valence-electron chi connectivity index (χ3n) is 4.86. The molecule has 3 amide bonds. The van der Waals surface area contributed by atoms with Gasteiger partial charge in [0.15, 0.2) is 0 Å². The lowest BCUT2D eigenvalue weighted by molar-refractivity contribution is -0.117. The van der Waals surface area contributed by atoms with Gasteiger partial charge < -0.3 is 11.1 Å². The van der Waals surface area contributed by atoms with Crippen molar-refractivity contribution in [3.8, 4) is 0 Å². The molecule has 2 fully saturated rings. The van der Waals surface area contributed by atoms with Gasteiger partial charge in [-0.1, -0.05) is 18.2 Å². The SMILES string of the molecule is C[C@H](NC(=O)NC(=O)CSc1n[nH]c(N)n1)[C@@H]1C[C@H]2CC[C@H]1C2. The van der Waals surface area contributed by atoms with Gasteiger partial charge in [-0.2, -0.15) is 4.98 Å². The first-order valence-electron chi connectivity index (χ1n) is 7.92. The van der Waals surface area contributed by atoms with Gasteiger partial charge in [-0.15, -0.1) is 5.10 Å². The molecule has 2 aliphatic rings. The Morgan fingerprint density at radius 2 is 2.26 bits per heavy atom. The smallest absolute Gasteiger partial charge is 0.321 e. The van der Waals surface area contributed by atoms with Crippen LogP contribution >= 0.6 is 11.8 Å². The average Bonchev–Trinajstić information content (AvgIpc) is 3.21. The predicted molar refractivity (Wildman–Crippen MR) is 86.6 cm³/mol. The summed E-state index contributed by atoms with van der Waals surface area (Å²) >= 11 is 1.12. The first kappa shape index (κ1) is 16.1. The molecule has 0 aliphatic heterocycles. The van der Waals surface area contributed by atoms with Crippen LogP contribution in [0.25, 0.3) is 0 Å². The molecule has 1 aromatic heterocycles. The Bertz CT molecular complexity index is 592. The standard InChI is InChI=1S/C14H22N6O2S/c1-7(10-5-8-2-3-9(10)4-8)16-13(22)17-11(21)6-23-14-18-12(15)19-20-14/h7-10H,2-6H2,1H3,(H3,15,18,19,20)(H2,16,17,21,22)/t7-,8-,9-,10-/m0/s1. The number of anilines is 1. The molecule has 0 unspecified atom stereocenters. The first-order valence-corrected chi connectivity index (χ1v) is 8.91. The van der Waals surface area contributed by atoms with Crippen molar-refractivity contribution < 1.29 is 9.59 Å². The van der Waals surface area contributed by atoms with E-state index in [-0.39, 0.29) is 23.7 Å². The molecule has 1 aromatic rings. The Morgan fingerprint density at radius 1 is 1.43 bits per heavy atom. The zero-order chi connectivity index (χ0) is 16.4. The van der Waals surface area contributed by atoms with Crippen LogP contribution in [0.5, 0.6) is 0 Å². The fourth-order valence-corrected chi connectivity index (χ4v) is 4.48. The number of nitrogen functional groups attached to an aromatic ring is 1. The highest BCUT2D eigenvalue weighted by Crippen LogP contribution is 2.49. The van der Waals surface area contributed by atoms with Crippen molar-refractivity contribution in [2.24, 2.45) is 17.8 Å². The van der Waals surface area contributed by atoms with Crippen LogP contribution in [0, 0.1) is 17.8 Å². The van der Waals surface area contributed by atoms with Gasteiger partial charge in [0.1, 0.15) is 0 Å². The molecule has 4 atom stereocenters. The van der Waals surface area contributed by atoms with Crippen LogP contribution in [-0.4, -0.2) is 38.9 Å². The number of hydrogen-bond donors (Lipinski definition) is 4. The molecule has 23 heavy (non-hydrogen) atoms. The number of aromatic nitrogens is 3. The summed E-state index contributed by atoms with van der Waals surface area (Å²) in [5.74, 6) is 2.00. The molecule has 2 saturated carbocycles. The third-order valence-corrected chi connectivity index (χ3v) is 5.71. The molecule has 126 valence electrons. The van der Waals surface area contributed by atoms with Crippen molar-refractivity contribution >= 4 is 29.6 Å². The molecular formula is C14H22N6O2S. The molecule has 5 N–H and O–H groups in total. The Hall–Kier alpha value is -1.77. The van der Waals surface area contributed by atoms with Gasteiger partial charge in [-0.05, 0) is 43.9 Å². The van der Waals surface area contributed by atoms with Crippen LogP contribution in [0.15, 0.2) is 5.16 Å². The summed E-state index contributed by atoms with van der Waals surface area (Å²) in [5, 5.41) is 11.9. The minimum atomic E-state index is -0.430. The van der Waals surface area contributed by atoms with E-state index in [4.69, 9.17) is 5.73 Å². The van der Waals surface area contributed by atoms with Crippen molar-refractivity contribution in [1.82, 2.24) is 25.8 Å². The van der Waals surface area contributed by atoms with E-state index in [2.05, 4.69) is 25.8 Å². The fraction of sp³-hybridized carbons (Fsp3) is 0.714. The number of urea groups is 1. The number of aromatic amines is 1. The van der Waals surface area contributed by atoms with Crippen LogP contribution in [0.3, 0.4) is 0 Å². The summed E-state index contributed by atoms with van der Waals surface area (Å²) in [6, 6.07) is -0.334. The van der Waals surface area contributed by atoms with Crippen molar-refractivity contribution in [3.05, 3.63) is 0 Å². The zero-order valence-corrected chi connectivity index (χ0v) is 13.9. The number of nitrogens with one attached hydrogen (secondary N) is 3. The number of nitrogens with zero attached hydrogens (tertiary/aromatic N) is 2. The van der Waals surface area contributed by atoms with Crippen molar-refractivity contribution in [1.29, 1.82) is 0 Å². The number of imide groups is 1. The quantitative estimate of drug-likeness (QED) is 0.596. The number of hydrogen-bond acceptors (Lipinski definition) is 6. The molecule has 2 aliphatic carbocycles. The molecule has 2 bridgehead atoms. The van der Waals surface area contributed by atoms with E-state index in [1.807, 2.05) is 6.92 Å². The van der Waals surface area contributed by atoms with Gasteiger partial charge in [-0.3, -0.25) is 10.1 Å². The minimum Gasteiger partial charge on any atom is -0.368 e. The topological polar surface area (TPSA) is 126 Å². The monoisotopic (exact) mass is 338 g/mol. The molecule has 8 nitrogen and oxygen atoms in total. The van der Waals surface area contributed by atoms with E-state index in [1.165, 1.54) is 25.7 Å². The number of carbonyl (C=O) groups is 2. The Kier molecular flexibility index (Phi) is 4.74. The lowest BCUT2D eigenvalue weighted by Crippen LogP contribution is -2.47. The summed E-state index contributed by atoms with van der Waals surface area (Å²) in [5.41, 5.74) is 5.40. The van der Waals surface area contributed by atoms with E-state index in [0.29, 0.717) is 11.1 Å². The predicted octanol–water partition coefficient (Wildman–Crippen LogP) is 1.13. The second-order valence-corrected chi connectivity index (χ2v) is 7.38. The second kappa shape index (κ2) is 6.77. The van der Waals surface area contributed by atoms with Crippen LogP contribution in [0.2, 0.25) is 0 Å². The maximum atomic E-state index is 11.9. The number of nitrogens with two attached hydrogens (primary N) is 1. The van der Waals surface area contributed by atoms with E-state index in [0.717, 1.165) is 23.6 Å². The second-order valence-electron chi connectivity index (χ2n) is 6.44. The molecule has 0 radical (unpaired) electrons. The van der Waals surface area contributed by atoms with Crippen LogP contribution in [0.4, 0.5) is 10.7 Å². The van der Waals surface area contributed by atoms with E-state index < -0.39 is 6.03 Å². The number of carbonyl (C=O) groups excluding carboxylic acids is 2. The van der Waals surface area contributed by atoms with E-state index in [1.54, 1.807) is 0 Å². The molecule has 9 heteroatoms. The number of amides is 3. The maximum Gasteiger partial charge on any atom is 0.321 e. The lowest BCUT2D eigenvalue weighted by atomic mass is 9.84. The summed E-state index contributed by atoms with van der Waals surface area (Å²) in [7, 11) is 0. The molecular weight excluding hydrogens is 316 g/mol. The van der Waals surface area contributed by atoms with Crippen molar-refractivity contribution in [3.63, 3.8) is 0 Å². The molecule has 1 heterocycles. The normalized spacial score (nSPS) is 26.9. The summed E-state index contributed by atoms with van der Waals surface area (Å²) < 4.78 is 0. The molecule has 0 saturated heterocycles. The van der Waals surface area contributed by atoms with Crippen molar-refractivity contribution in [2.45, 2.75) is 43.8 Å². The highest BCUT2D eigenvalue weighted by molar-refractivity contribution is 7.99. The Morgan fingerprint density at radius 3 is 2.87 bits per heavy atom. The number of fused-ring (bicyclic) bond motifs is 2. The largest absolute Gasteiger partial charge is 0.368 e. The third kappa shape index (κ3) is 3.95. The highest BCUT2D eigenvalue weighted by Gasteiger charge is 2.42. The summed E-state index contributed by atoms with van der Waals surface area (Å²) in [4.78, 5) is 27.6. The number of rotatable bonds is 5. The maximum absolute atomic E-state index is 11.9. The van der Waals surface area contributed by atoms with Gasteiger partial charge in [-0.25, -0.2) is 9.89 Å². The Labute approximate surface area is 138 Å². The summed E-state index contributed by atoms with van der Waals surface area (Å²) in [6.45, 7) is 2.03. The minimum absolute atomic E-state index is 0.0627. The van der Waals surface area contributed by atoms with Gasteiger partial charge in [0.25, 0.3) is 0 Å². The van der Waals surface area contributed by atoms with Gasteiger partial charge in [0.05, 0.1) is 5.75 Å². The van der Waals surface area contributed by atoms with Crippen LogP contribution < -0.4 is 16.4 Å². The number of H-pyrrole nitrogens is 1. The number of thioether (sulfide) groups is 1. The first-order chi connectivity index (χ1) is 11.0. The van der Waals surface area contributed by atoms with Gasteiger partial charge >= 0.3 is 6.03 Å².